The van der Waals surface area contributed by atoms with Crippen LogP contribution in [0.4, 0.5) is 18.0 Å². The number of halogens is 3. The summed E-state index contributed by atoms with van der Waals surface area (Å²) in [4.78, 5) is 14.5. The van der Waals surface area contributed by atoms with E-state index in [1.54, 1.807) is 0 Å². The zero-order valence-corrected chi connectivity index (χ0v) is 11.4. The van der Waals surface area contributed by atoms with Crippen LogP contribution in [0, 0.1) is 0 Å². The van der Waals surface area contributed by atoms with Crippen molar-refractivity contribution in [2.45, 2.75) is 6.18 Å². The quantitative estimate of drug-likeness (QED) is 0.936. The summed E-state index contributed by atoms with van der Waals surface area (Å²) in [6, 6.07) is 4.25. The van der Waals surface area contributed by atoms with Gasteiger partial charge in [0.15, 0.2) is 11.5 Å². The predicted octanol–water partition coefficient (Wildman–Crippen LogP) is 2.48. The second-order valence-electron chi connectivity index (χ2n) is 3.90. The summed E-state index contributed by atoms with van der Waals surface area (Å²) in [7, 11) is 2.62. The number of benzene rings is 1. The molecule has 7 nitrogen and oxygen atoms in total. The third kappa shape index (κ3) is 3.10. The third-order valence-corrected chi connectivity index (χ3v) is 2.50. The van der Waals surface area contributed by atoms with E-state index < -0.39 is 18.2 Å². The molecule has 10 heteroatoms. The molecule has 118 valence electrons. The molecule has 0 saturated heterocycles. The summed E-state index contributed by atoms with van der Waals surface area (Å²) in [6.45, 7) is 0. The first-order valence-electron chi connectivity index (χ1n) is 5.84. The van der Waals surface area contributed by atoms with Crippen LogP contribution >= 0.6 is 0 Å². The van der Waals surface area contributed by atoms with Gasteiger partial charge >= 0.3 is 18.2 Å². The highest BCUT2D eigenvalue weighted by Gasteiger charge is 2.38. The Labute approximate surface area is 122 Å². The Kier molecular flexibility index (Phi) is 4.20. The number of carbonyl (C=O) groups excluding carboxylic acids is 1. The van der Waals surface area contributed by atoms with Crippen LogP contribution in [0.2, 0.25) is 0 Å². The molecule has 0 aliphatic heterocycles. The molecule has 1 aromatic heterocycles. The summed E-state index contributed by atoms with van der Waals surface area (Å²) in [5.74, 6) is -1.83. The molecule has 2 aromatic rings. The van der Waals surface area contributed by atoms with E-state index in [0.717, 1.165) is 0 Å². The first kappa shape index (κ1) is 15.6. The van der Waals surface area contributed by atoms with Gasteiger partial charge in [-0.1, -0.05) is 11.2 Å². The molecule has 0 unspecified atom stereocenters. The molecule has 1 amide bonds. The van der Waals surface area contributed by atoms with Crippen molar-refractivity contribution in [3.8, 4) is 22.9 Å². The smallest absolute Gasteiger partial charge is 0.471 e. The minimum Gasteiger partial charge on any atom is -0.492 e. The highest BCUT2D eigenvalue weighted by atomic mass is 19.4. The van der Waals surface area contributed by atoms with Gasteiger partial charge in [0.1, 0.15) is 0 Å². The number of amides is 1. The van der Waals surface area contributed by atoms with Crippen molar-refractivity contribution >= 4 is 6.09 Å². The lowest BCUT2D eigenvalue weighted by Gasteiger charge is -2.11. The average Bonchev–Trinajstić information content (AvgIpc) is 2.96. The van der Waals surface area contributed by atoms with Gasteiger partial charge in [0.25, 0.3) is 0 Å². The number of rotatable bonds is 3. The lowest BCUT2D eigenvalue weighted by atomic mass is 10.1. The van der Waals surface area contributed by atoms with Crippen LogP contribution in [0.25, 0.3) is 11.4 Å². The van der Waals surface area contributed by atoms with E-state index >= 15 is 0 Å². The highest BCUT2D eigenvalue weighted by Crippen LogP contribution is 2.38. The first-order valence-corrected chi connectivity index (χ1v) is 5.84. The predicted molar refractivity (Wildman–Crippen MR) is 66.4 cm³/mol. The fourth-order valence-corrected chi connectivity index (χ4v) is 1.58. The van der Waals surface area contributed by atoms with Crippen molar-refractivity contribution in [1.29, 1.82) is 0 Å². The molecule has 1 heterocycles. The minimum absolute atomic E-state index is 0.000578. The molecular formula is C12H10F3N3O4. The Balaban J connectivity index is 2.45. The molecule has 0 aliphatic carbocycles. The number of para-hydroxylation sites is 1. The van der Waals surface area contributed by atoms with Gasteiger partial charge in [-0.15, -0.1) is 0 Å². The van der Waals surface area contributed by atoms with Crippen LogP contribution in [-0.2, 0) is 6.18 Å². The number of nitrogens with zero attached hydrogens (tertiary/aromatic N) is 2. The number of nitrogens with one attached hydrogen (secondary N) is 1. The van der Waals surface area contributed by atoms with E-state index in [-0.39, 0.29) is 22.9 Å². The van der Waals surface area contributed by atoms with E-state index in [9.17, 15) is 18.0 Å². The zero-order valence-electron chi connectivity index (χ0n) is 11.4. The number of carbonyl (C=O) groups is 1. The van der Waals surface area contributed by atoms with E-state index in [1.807, 2.05) is 0 Å². The zero-order chi connectivity index (χ0) is 16.3. The molecule has 0 atom stereocenters. The molecule has 0 saturated carbocycles. The van der Waals surface area contributed by atoms with Crippen LogP contribution in [0.1, 0.15) is 5.89 Å². The topological polar surface area (TPSA) is 86.5 Å². The Morgan fingerprint density at radius 1 is 1.36 bits per heavy atom. The van der Waals surface area contributed by atoms with Gasteiger partial charge in [-0.25, -0.2) is 4.79 Å². The van der Waals surface area contributed by atoms with Crippen molar-refractivity contribution in [2.24, 2.45) is 0 Å². The maximum atomic E-state index is 12.5. The monoisotopic (exact) mass is 317 g/mol. The summed E-state index contributed by atoms with van der Waals surface area (Å²) in [5, 5.41) is 5.49. The number of ether oxygens (including phenoxy) is 2. The number of methoxy groups -OCH3 is 1. The molecule has 22 heavy (non-hydrogen) atoms. The minimum atomic E-state index is -4.76. The van der Waals surface area contributed by atoms with Gasteiger partial charge in [-0.3, -0.25) is 0 Å². The molecule has 0 fully saturated rings. The number of aromatic nitrogens is 2. The Morgan fingerprint density at radius 3 is 2.64 bits per heavy atom. The molecule has 1 N–H and O–H groups in total. The van der Waals surface area contributed by atoms with Crippen molar-refractivity contribution in [3.63, 3.8) is 0 Å². The van der Waals surface area contributed by atoms with Crippen LogP contribution in [-0.4, -0.2) is 30.4 Å². The van der Waals surface area contributed by atoms with E-state index in [0.29, 0.717) is 0 Å². The number of alkyl halides is 3. The van der Waals surface area contributed by atoms with E-state index in [2.05, 4.69) is 20.0 Å². The van der Waals surface area contributed by atoms with Crippen molar-refractivity contribution < 1.29 is 32.0 Å². The fourth-order valence-electron chi connectivity index (χ4n) is 1.58. The van der Waals surface area contributed by atoms with Crippen LogP contribution in [0.15, 0.2) is 22.7 Å². The SMILES string of the molecule is CNC(=O)Oc1cccc(-c2noc(C(F)(F)F)n2)c1OC. The second kappa shape index (κ2) is 5.92. The Hall–Kier alpha value is -2.78. The highest BCUT2D eigenvalue weighted by molar-refractivity contribution is 5.75. The largest absolute Gasteiger partial charge is 0.492 e. The molecular weight excluding hydrogens is 307 g/mol. The summed E-state index contributed by atoms with van der Waals surface area (Å²) in [5.41, 5.74) is 0.0863. The molecule has 0 radical (unpaired) electrons. The summed E-state index contributed by atoms with van der Waals surface area (Å²) < 4.78 is 51.6. The van der Waals surface area contributed by atoms with Crippen LogP contribution in [0.5, 0.6) is 11.5 Å². The lowest BCUT2D eigenvalue weighted by Crippen LogP contribution is -2.22. The fraction of sp³-hybridized carbons (Fsp3) is 0.250. The lowest BCUT2D eigenvalue weighted by molar-refractivity contribution is -0.159. The summed E-state index contributed by atoms with van der Waals surface area (Å²) in [6.07, 6.45) is -5.52. The molecule has 1 aromatic carbocycles. The second-order valence-corrected chi connectivity index (χ2v) is 3.90. The van der Waals surface area contributed by atoms with Crippen molar-refractivity contribution in [3.05, 3.63) is 24.1 Å². The van der Waals surface area contributed by atoms with Gasteiger partial charge in [-0.2, -0.15) is 18.2 Å². The number of hydrogen-bond donors (Lipinski definition) is 1. The van der Waals surface area contributed by atoms with Crippen LogP contribution in [0.3, 0.4) is 0 Å². The van der Waals surface area contributed by atoms with Gasteiger partial charge in [0.2, 0.25) is 5.82 Å². The van der Waals surface area contributed by atoms with Gasteiger partial charge < -0.3 is 19.3 Å². The first-order chi connectivity index (χ1) is 10.4. The maximum Gasteiger partial charge on any atom is 0.471 e. The van der Waals surface area contributed by atoms with Crippen molar-refractivity contribution in [1.82, 2.24) is 15.5 Å². The number of hydrogen-bond acceptors (Lipinski definition) is 6. The van der Waals surface area contributed by atoms with E-state index in [4.69, 9.17) is 9.47 Å². The molecule has 0 aliphatic rings. The van der Waals surface area contributed by atoms with Crippen LogP contribution < -0.4 is 14.8 Å². The van der Waals surface area contributed by atoms with Gasteiger partial charge in [0.05, 0.1) is 12.7 Å². The molecule has 0 spiro atoms. The molecule has 0 bridgehead atoms. The normalized spacial score (nSPS) is 11.1. The Bertz CT molecular complexity index is 684. The van der Waals surface area contributed by atoms with Crippen molar-refractivity contribution in [2.75, 3.05) is 14.2 Å². The Morgan fingerprint density at radius 2 is 2.09 bits per heavy atom. The van der Waals surface area contributed by atoms with Gasteiger partial charge in [-0.05, 0) is 12.1 Å². The maximum absolute atomic E-state index is 12.5. The molecule has 2 rings (SSSR count). The van der Waals surface area contributed by atoms with E-state index in [1.165, 1.54) is 32.4 Å². The third-order valence-electron chi connectivity index (χ3n) is 2.50. The standard InChI is InChI=1S/C12H10F3N3O4/c1-16-11(19)21-7-5-3-4-6(8(7)20-2)9-17-10(22-18-9)12(13,14)15/h3-5H,1-2H3,(H,16,19). The summed E-state index contributed by atoms with van der Waals surface area (Å²) >= 11 is 0. The average molecular weight is 317 g/mol. The van der Waals surface area contributed by atoms with Gasteiger partial charge in [0, 0.05) is 7.05 Å².